The van der Waals surface area contributed by atoms with E-state index in [0.29, 0.717) is 29.1 Å². The molecule has 2 aromatic rings. The monoisotopic (exact) mass is 399 g/mol. The second-order valence-corrected chi connectivity index (χ2v) is 7.20. The molecule has 5 nitrogen and oxygen atoms in total. The van der Waals surface area contributed by atoms with Gasteiger partial charge in [-0.15, -0.1) is 0 Å². The quantitative estimate of drug-likeness (QED) is 0.278. The Balaban J connectivity index is 1.91. The number of benzene rings is 2. The molecule has 0 radical (unpaired) electrons. The molecule has 0 unspecified atom stereocenters. The molecule has 0 aliphatic rings. The number of aryl methyl sites for hydroxylation is 2. The molecule has 0 amide bonds. The van der Waals surface area contributed by atoms with Crippen LogP contribution in [-0.4, -0.2) is 27.5 Å². The van der Waals surface area contributed by atoms with Crippen molar-refractivity contribution in [2.45, 2.75) is 46.5 Å². The second kappa shape index (κ2) is 10.7. The minimum absolute atomic E-state index is 0.000408. The molecule has 0 fully saturated rings. The largest absolute Gasteiger partial charge is 0.508 e. The zero-order valence-corrected chi connectivity index (χ0v) is 17.6. The molecular formula is C22H29N3O2S. The number of rotatable bonds is 9. The third-order valence-electron chi connectivity index (χ3n) is 4.49. The maximum atomic E-state index is 10.1. The summed E-state index contributed by atoms with van der Waals surface area (Å²) in [5.41, 5.74) is 7.21. The lowest BCUT2D eigenvalue weighted by Gasteiger charge is -2.10. The molecule has 0 aliphatic heterocycles. The topological polar surface area (TPSA) is 76.9 Å². The Morgan fingerprint density at radius 1 is 1.07 bits per heavy atom. The molecule has 0 bridgehead atoms. The van der Waals surface area contributed by atoms with Crippen molar-refractivity contribution < 1.29 is 10.2 Å². The van der Waals surface area contributed by atoms with Crippen molar-refractivity contribution in [2.75, 3.05) is 11.9 Å². The van der Waals surface area contributed by atoms with Gasteiger partial charge in [0.1, 0.15) is 11.5 Å². The van der Waals surface area contributed by atoms with Gasteiger partial charge in [0.05, 0.1) is 10.7 Å². The van der Waals surface area contributed by atoms with Crippen molar-refractivity contribution in [2.24, 2.45) is 5.10 Å². The van der Waals surface area contributed by atoms with Crippen molar-refractivity contribution in [3.63, 3.8) is 0 Å². The van der Waals surface area contributed by atoms with Crippen molar-refractivity contribution >= 4 is 28.6 Å². The van der Waals surface area contributed by atoms with Gasteiger partial charge >= 0.3 is 0 Å². The van der Waals surface area contributed by atoms with Crippen molar-refractivity contribution in [1.29, 1.82) is 0 Å². The van der Waals surface area contributed by atoms with Crippen LogP contribution in [0.3, 0.4) is 0 Å². The zero-order chi connectivity index (χ0) is 20.5. The summed E-state index contributed by atoms with van der Waals surface area (Å²) in [6.45, 7) is 6.86. The van der Waals surface area contributed by atoms with E-state index in [4.69, 9.17) is 12.2 Å². The summed E-state index contributed by atoms with van der Waals surface area (Å²) >= 11 is 5.37. The number of hydrogen-bond acceptors (Lipinski definition) is 5. The number of nitrogens with zero attached hydrogens (tertiary/aromatic N) is 1. The molecule has 0 saturated heterocycles. The van der Waals surface area contributed by atoms with Crippen LogP contribution in [0.2, 0.25) is 0 Å². The van der Waals surface area contributed by atoms with Gasteiger partial charge in [-0.05, 0) is 55.5 Å². The van der Waals surface area contributed by atoms with Gasteiger partial charge in [-0.1, -0.05) is 38.2 Å². The molecule has 0 saturated carbocycles. The maximum absolute atomic E-state index is 10.1. The van der Waals surface area contributed by atoms with Crippen molar-refractivity contribution in [3.05, 3.63) is 53.1 Å². The first-order valence-electron chi connectivity index (χ1n) is 9.65. The van der Waals surface area contributed by atoms with E-state index < -0.39 is 0 Å². The minimum Gasteiger partial charge on any atom is -0.508 e. The number of phenolic OH excluding ortho intramolecular Hbond substituents is 2. The summed E-state index contributed by atoms with van der Waals surface area (Å²) in [5, 5.41) is 27.5. The van der Waals surface area contributed by atoms with Crippen LogP contribution in [0.1, 0.15) is 50.3 Å². The van der Waals surface area contributed by atoms with Crippen LogP contribution < -0.4 is 10.7 Å². The lowest BCUT2D eigenvalue weighted by atomic mass is 10.0. The summed E-state index contributed by atoms with van der Waals surface area (Å²) in [6.07, 6.45) is 3.29. The number of anilines is 1. The SMILES string of the molecule is CCCNc1ccc(CCC(=S)N/N=C(\C)c2cc(CC)c(O)cc2O)cc1. The first kappa shape index (κ1) is 21.7. The molecule has 0 aliphatic carbocycles. The Labute approximate surface area is 172 Å². The fourth-order valence-corrected chi connectivity index (χ4v) is 2.92. The van der Waals surface area contributed by atoms with Gasteiger partial charge in [0.15, 0.2) is 0 Å². The fraction of sp³-hybridized carbons (Fsp3) is 0.364. The number of aromatic hydroxyl groups is 2. The predicted molar refractivity (Wildman–Crippen MR) is 121 cm³/mol. The van der Waals surface area contributed by atoms with Crippen LogP contribution in [-0.2, 0) is 12.8 Å². The summed E-state index contributed by atoms with van der Waals surface area (Å²) in [4.78, 5) is 0.640. The molecule has 0 aromatic heterocycles. The Kier molecular flexibility index (Phi) is 8.26. The van der Waals surface area contributed by atoms with Gasteiger partial charge in [-0.2, -0.15) is 5.10 Å². The molecule has 0 heterocycles. The highest BCUT2D eigenvalue weighted by Gasteiger charge is 2.10. The number of hydrazone groups is 1. The first-order valence-corrected chi connectivity index (χ1v) is 10.1. The van der Waals surface area contributed by atoms with E-state index in [-0.39, 0.29) is 11.5 Å². The molecule has 28 heavy (non-hydrogen) atoms. The molecule has 150 valence electrons. The molecule has 0 spiro atoms. The third-order valence-corrected chi connectivity index (χ3v) is 4.79. The average molecular weight is 400 g/mol. The van der Waals surface area contributed by atoms with Crippen molar-refractivity contribution in [3.8, 4) is 11.5 Å². The van der Waals surface area contributed by atoms with E-state index in [1.807, 2.05) is 6.92 Å². The molecular weight excluding hydrogens is 370 g/mol. The number of thiocarbonyl (C=S) groups is 1. The molecule has 4 N–H and O–H groups in total. The van der Waals surface area contributed by atoms with E-state index in [1.165, 1.54) is 11.6 Å². The Morgan fingerprint density at radius 2 is 1.79 bits per heavy atom. The molecule has 2 aromatic carbocycles. The van der Waals surface area contributed by atoms with Gasteiger partial charge in [0.25, 0.3) is 0 Å². The minimum atomic E-state index is 0.000408. The van der Waals surface area contributed by atoms with Gasteiger partial charge in [0.2, 0.25) is 0 Å². The van der Waals surface area contributed by atoms with Crippen LogP contribution >= 0.6 is 12.2 Å². The summed E-state index contributed by atoms with van der Waals surface area (Å²) in [5.74, 6) is 0.0939. The standard InChI is InChI=1S/C22H29N3O2S/c1-4-12-23-18-9-6-16(7-10-18)8-11-22(28)25-24-15(3)19-13-17(5-2)20(26)14-21(19)27/h6-7,9-10,13-14,23,26-27H,4-5,8,11-12H2,1-3H3,(H,25,28)/b24-15+. The highest BCUT2D eigenvalue weighted by atomic mass is 32.1. The summed E-state index contributed by atoms with van der Waals surface area (Å²) in [6, 6.07) is 11.5. The van der Waals surface area contributed by atoms with Gasteiger partial charge in [-0.25, -0.2) is 0 Å². The third kappa shape index (κ3) is 6.23. The van der Waals surface area contributed by atoms with Crippen molar-refractivity contribution in [1.82, 2.24) is 5.43 Å². The zero-order valence-electron chi connectivity index (χ0n) is 16.7. The second-order valence-electron chi connectivity index (χ2n) is 6.71. The first-order chi connectivity index (χ1) is 13.4. The lowest BCUT2D eigenvalue weighted by Crippen LogP contribution is -2.17. The van der Waals surface area contributed by atoms with Gasteiger partial charge in [0, 0.05) is 30.3 Å². The Morgan fingerprint density at radius 3 is 2.43 bits per heavy atom. The van der Waals surface area contributed by atoms with E-state index in [2.05, 4.69) is 47.0 Å². The van der Waals surface area contributed by atoms with Crippen LogP contribution in [0, 0.1) is 0 Å². The molecule has 0 atom stereocenters. The molecule has 6 heteroatoms. The smallest absolute Gasteiger partial charge is 0.128 e. The van der Waals surface area contributed by atoms with Crippen LogP contribution in [0.5, 0.6) is 11.5 Å². The lowest BCUT2D eigenvalue weighted by molar-refractivity contribution is 0.445. The van der Waals surface area contributed by atoms with Crippen LogP contribution in [0.25, 0.3) is 0 Å². The molecule has 2 rings (SSSR count). The Bertz CT molecular complexity index is 832. The van der Waals surface area contributed by atoms with Gasteiger partial charge in [-0.3, -0.25) is 5.43 Å². The Hall–Kier alpha value is -2.60. The van der Waals surface area contributed by atoms with E-state index in [0.717, 1.165) is 30.6 Å². The van der Waals surface area contributed by atoms with Crippen LogP contribution in [0.15, 0.2) is 41.5 Å². The van der Waals surface area contributed by atoms with Crippen LogP contribution in [0.4, 0.5) is 5.69 Å². The number of phenols is 2. The normalized spacial score (nSPS) is 11.3. The fourth-order valence-electron chi connectivity index (χ4n) is 2.77. The predicted octanol–water partition coefficient (Wildman–Crippen LogP) is 4.76. The highest BCUT2D eigenvalue weighted by molar-refractivity contribution is 7.80. The van der Waals surface area contributed by atoms with E-state index in [9.17, 15) is 10.2 Å². The summed E-state index contributed by atoms with van der Waals surface area (Å²) in [7, 11) is 0. The van der Waals surface area contributed by atoms with Gasteiger partial charge < -0.3 is 15.5 Å². The number of hydrogen-bond donors (Lipinski definition) is 4. The average Bonchev–Trinajstić information content (AvgIpc) is 2.69. The number of nitrogens with one attached hydrogen (secondary N) is 2. The summed E-state index contributed by atoms with van der Waals surface area (Å²) < 4.78 is 0. The highest BCUT2D eigenvalue weighted by Crippen LogP contribution is 2.28. The maximum Gasteiger partial charge on any atom is 0.128 e. The van der Waals surface area contributed by atoms with E-state index in [1.54, 1.807) is 13.0 Å². The van der Waals surface area contributed by atoms with E-state index >= 15 is 0 Å².